The number of fused-ring (bicyclic) bond motifs is 1. The van der Waals surface area contributed by atoms with Gasteiger partial charge in [0, 0.05) is 59.7 Å². The molecule has 39 heavy (non-hydrogen) atoms. The largest absolute Gasteiger partial charge is 0.481 e. The fourth-order valence-corrected chi connectivity index (χ4v) is 7.64. The maximum absolute atomic E-state index is 12.2. The molecule has 0 amide bonds. The summed E-state index contributed by atoms with van der Waals surface area (Å²) in [5.74, 6) is 0.944. The molecule has 0 unspecified atom stereocenters. The molecule has 3 aromatic heterocycles. The standard InChI is InChI=1S/C28H40N6O3S2/c1-19-23(17-33-13-9-22(10-14-33)32(2)3)25-26(38-19)24(30-28(31-25)34-11-7-6-8-12-34)20-15-21(18-39(5,35)36)27(37-4)29-16-20/h15-16,22H,6-14,17-18H2,1-5H3. The number of thiophene rings is 1. The van der Waals surface area contributed by atoms with Gasteiger partial charge >= 0.3 is 0 Å². The summed E-state index contributed by atoms with van der Waals surface area (Å²) < 4.78 is 30.8. The molecule has 0 N–H and O–H groups in total. The number of pyridine rings is 1. The van der Waals surface area contributed by atoms with E-state index in [9.17, 15) is 8.42 Å². The summed E-state index contributed by atoms with van der Waals surface area (Å²) in [7, 11) is 2.59. The number of aryl methyl sites for hydroxylation is 1. The van der Waals surface area contributed by atoms with E-state index in [0.29, 0.717) is 17.5 Å². The lowest BCUT2D eigenvalue weighted by Crippen LogP contribution is -2.41. The summed E-state index contributed by atoms with van der Waals surface area (Å²) in [6.45, 7) is 7.10. The first-order valence-corrected chi connectivity index (χ1v) is 16.7. The molecule has 0 radical (unpaired) electrons. The topological polar surface area (TPSA) is 91.8 Å². The first-order chi connectivity index (χ1) is 18.6. The van der Waals surface area contributed by atoms with Crippen molar-refractivity contribution in [3.05, 3.63) is 28.3 Å². The maximum Gasteiger partial charge on any atom is 0.226 e. The minimum Gasteiger partial charge on any atom is -0.481 e. The molecule has 212 valence electrons. The number of sulfone groups is 1. The second-order valence-corrected chi connectivity index (χ2v) is 14.5. The van der Waals surface area contributed by atoms with Gasteiger partial charge < -0.3 is 14.5 Å². The Labute approximate surface area is 236 Å². The van der Waals surface area contributed by atoms with E-state index >= 15 is 0 Å². The molecule has 2 aliphatic heterocycles. The number of aromatic nitrogens is 3. The Bertz CT molecular complexity index is 1420. The smallest absolute Gasteiger partial charge is 0.226 e. The Morgan fingerprint density at radius 2 is 1.82 bits per heavy atom. The van der Waals surface area contributed by atoms with Crippen LogP contribution in [0.5, 0.6) is 5.88 Å². The number of ether oxygens (including phenoxy) is 1. The van der Waals surface area contributed by atoms with E-state index in [2.05, 4.69) is 40.7 Å². The third-order valence-corrected chi connectivity index (χ3v) is 9.92. The summed E-state index contributed by atoms with van der Waals surface area (Å²) in [5, 5.41) is 0. The molecule has 2 saturated heterocycles. The van der Waals surface area contributed by atoms with Crippen LogP contribution in [0.2, 0.25) is 0 Å². The van der Waals surface area contributed by atoms with Gasteiger partial charge in [-0.1, -0.05) is 0 Å². The maximum atomic E-state index is 12.2. The van der Waals surface area contributed by atoms with Crippen molar-refractivity contribution in [3.8, 4) is 17.1 Å². The number of hydrogen-bond donors (Lipinski definition) is 0. The molecular formula is C28H40N6O3S2. The molecule has 3 aromatic rings. The quantitative estimate of drug-likeness (QED) is 0.395. The molecule has 0 atom stereocenters. The van der Waals surface area contributed by atoms with Crippen molar-refractivity contribution >= 4 is 37.3 Å². The van der Waals surface area contributed by atoms with Crippen molar-refractivity contribution in [2.24, 2.45) is 0 Å². The highest BCUT2D eigenvalue weighted by Crippen LogP contribution is 2.39. The molecule has 2 fully saturated rings. The molecule has 0 aromatic carbocycles. The molecule has 5 heterocycles. The third-order valence-electron chi connectivity index (χ3n) is 7.94. The first kappa shape index (κ1) is 28.2. The second-order valence-electron chi connectivity index (χ2n) is 11.2. The van der Waals surface area contributed by atoms with Gasteiger partial charge in [-0.2, -0.15) is 0 Å². The predicted molar refractivity (Wildman–Crippen MR) is 159 cm³/mol. The molecule has 0 aliphatic carbocycles. The van der Waals surface area contributed by atoms with Crippen LogP contribution >= 0.6 is 11.3 Å². The van der Waals surface area contributed by atoms with Gasteiger partial charge in [0.2, 0.25) is 11.8 Å². The lowest BCUT2D eigenvalue weighted by Gasteiger charge is -2.35. The molecule has 0 saturated carbocycles. The van der Waals surface area contributed by atoms with Crippen molar-refractivity contribution in [2.75, 3.05) is 58.5 Å². The third kappa shape index (κ3) is 6.37. The highest BCUT2D eigenvalue weighted by molar-refractivity contribution is 7.89. The van der Waals surface area contributed by atoms with Gasteiger partial charge in [0.1, 0.15) is 0 Å². The van der Waals surface area contributed by atoms with Crippen molar-refractivity contribution in [1.29, 1.82) is 0 Å². The van der Waals surface area contributed by atoms with E-state index in [1.165, 1.54) is 43.1 Å². The summed E-state index contributed by atoms with van der Waals surface area (Å²) in [5.41, 5.74) is 4.44. The fourth-order valence-electron chi connectivity index (χ4n) is 5.75. The lowest BCUT2D eigenvalue weighted by molar-refractivity contribution is 0.140. The Morgan fingerprint density at radius 3 is 2.46 bits per heavy atom. The Kier molecular flexibility index (Phi) is 8.42. The second kappa shape index (κ2) is 11.6. The average molecular weight is 573 g/mol. The van der Waals surface area contributed by atoms with Gasteiger partial charge in [-0.05, 0) is 72.3 Å². The van der Waals surface area contributed by atoms with Crippen LogP contribution in [0, 0.1) is 6.92 Å². The Balaban J connectivity index is 1.59. The molecule has 0 spiro atoms. The summed E-state index contributed by atoms with van der Waals surface area (Å²) >= 11 is 1.72. The zero-order chi connectivity index (χ0) is 27.7. The number of anilines is 1. The molecule has 2 aliphatic rings. The van der Waals surface area contributed by atoms with Gasteiger partial charge in [0.05, 0.1) is 28.8 Å². The normalized spacial score (nSPS) is 17.8. The zero-order valence-electron chi connectivity index (χ0n) is 23.7. The van der Waals surface area contributed by atoms with Gasteiger partial charge in [-0.15, -0.1) is 11.3 Å². The molecule has 9 nitrogen and oxygen atoms in total. The zero-order valence-corrected chi connectivity index (χ0v) is 25.4. The highest BCUT2D eigenvalue weighted by atomic mass is 32.2. The SMILES string of the molecule is COc1ncc(-c2nc(N3CCCCC3)nc3c(CN4CCC(N(C)C)CC4)c(C)sc23)cc1CS(C)(=O)=O. The van der Waals surface area contributed by atoms with Crippen LogP contribution in [0.4, 0.5) is 5.95 Å². The van der Waals surface area contributed by atoms with Crippen LogP contribution in [0.15, 0.2) is 12.3 Å². The predicted octanol–water partition coefficient (Wildman–Crippen LogP) is 4.13. The Hall–Kier alpha value is -2.34. The number of rotatable bonds is 8. The summed E-state index contributed by atoms with van der Waals surface area (Å²) in [6.07, 6.45) is 8.82. The fraction of sp³-hybridized carbons (Fsp3) is 0.607. The van der Waals surface area contributed by atoms with Crippen LogP contribution in [-0.2, 0) is 22.1 Å². The summed E-state index contributed by atoms with van der Waals surface area (Å²) in [4.78, 5) is 23.2. The van der Waals surface area contributed by atoms with E-state index < -0.39 is 9.84 Å². The Morgan fingerprint density at radius 1 is 1.10 bits per heavy atom. The minimum absolute atomic E-state index is 0.137. The molecule has 5 rings (SSSR count). The highest BCUT2D eigenvalue weighted by Gasteiger charge is 2.26. The van der Waals surface area contributed by atoms with Crippen LogP contribution in [0.1, 0.15) is 48.1 Å². The minimum atomic E-state index is -3.27. The van der Waals surface area contributed by atoms with E-state index in [-0.39, 0.29) is 5.75 Å². The van der Waals surface area contributed by atoms with E-state index in [1.54, 1.807) is 17.5 Å². The van der Waals surface area contributed by atoms with Crippen molar-refractivity contribution in [2.45, 2.75) is 57.4 Å². The number of hydrogen-bond acceptors (Lipinski definition) is 10. The number of methoxy groups -OCH3 is 1. The average Bonchev–Trinajstić information content (AvgIpc) is 3.22. The van der Waals surface area contributed by atoms with E-state index in [4.69, 9.17) is 14.7 Å². The molecular weight excluding hydrogens is 532 g/mol. The molecule has 11 heteroatoms. The first-order valence-electron chi connectivity index (χ1n) is 13.8. The van der Waals surface area contributed by atoms with E-state index in [1.807, 2.05) is 6.07 Å². The number of likely N-dealkylation sites (tertiary alicyclic amines) is 1. The van der Waals surface area contributed by atoms with Crippen LogP contribution < -0.4 is 9.64 Å². The monoisotopic (exact) mass is 572 g/mol. The van der Waals surface area contributed by atoms with Crippen LogP contribution in [0.25, 0.3) is 21.5 Å². The van der Waals surface area contributed by atoms with Gasteiger partial charge in [-0.3, -0.25) is 4.90 Å². The van der Waals surface area contributed by atoms with Gasteiger partial charge in [0.15, 0.2) is 9.84 Å². The number of nitrogens with zero attached hydrogens (tertiary/aromatic N) is 6. The summed E-state index contributed by atoms with van der Waals surface area (Å²) in [6, 6.07) is 2.51. The molecule has 0 bridgehead atoms. The van der Waals surface area contributed by atoms with Crippen molar-refractivity contribution in [1.82, 2.24) is 24.8 Å². The van der Waals surface area contributed by atoms with E-state index in [0.717, 1.165) is 73.0 Å². The number of piperidine rings is 2. The lowest BCUT2D eigenvalue weighted by atomic mass is 10.0. The van der Waals surface area contributed by atoms with Gasteiger partial charge in [-0.25, -0.2) is 23.4 Å². The van der Waals surface area contributed by atoms with Crippen LogP contribution in [0.3, 0.4) is 0 Å². The van der Waals surface area contributed by atoms with Crippen LogP contribution in [-0.4, -0.2) is 92.9 Å². The van der Waals surface area contributed by atoms with Gasteiger partial charge in [0.25, 0.3) is 0 Å². The van der Waals surface area contributed by atoms with Crippen molar-refractivity contribution in [3.63, 3.8) is 0 Å². The van der Waals surface area contributed by atoms with Crippen molar-refractivity contribution < 1.29 is 13.2 Å².